The van der Waals surface area contributed by atoms with Crippen LogP contribution in [-0.4, -0.2) is 28.4 Å². The van der Waals surface area contributed by atoms with Crippen molar-refractivity contribution in [2.45, 2.75) is 6.42 Å². The first-order valence-corrected chi connectivity index (χ1v) is 6.18. The lowest BCUT2D eigenvalue weighted by Crippen LogP contribution is -2.34. The smallest absolute Gasteiger partial charge is 0.411 e. The van der Waals surface area contributed by atoms with Crippen LogP contribution in [0.5, 0.6) is 0 Å². The van der Waals surface area contributed by atoms with E-state index in [2.05, 4.69) is 0 Å². The number of carbonyl (C=O) groups excluding carboxylic acids is 1. The molecule has 0 saturated heterocycles. The molecule has 0 aromatic heterocycles. The van der Waals surface area contributed by atoms with Gasteiger partial charge in [-0.1, -0.05) is 30.3 Å². The molecule has 1 aliphatic rings. The van der Waals surface area contributed by atoms with Crippen LogP contribution in [0.3, 0.4) is 0 Å². The van der Waals surface area contributed by atoms with Gasteiger partial charge in [0.15, 0.2) is 5.78 Å². The minimum atomic E-state index is -1.02. The zero-order valence-corrected chi connectivity index (χ0v) is 11.0. The van der Waals surface area contributed by atoms with Crippen LogP contribution in [0.1, 0.15) is 12.0 Å². The maximum Gasteiger partial charge on any atom is 0.411 e. The molecule has 4 nitrogen and oxygen atoms in total. The molecular formula is C12H10INO3. The second-order valence-corrected chi connectivity index (χ2v) is 4.71. The quantitative estimate of drug-likeness (QED) is 0.798. The van der Waals surface area contributed by atoms with Crippen LogP contribution in [0, 0.1) is 0 Å². The number of amides is 1. The number of Topliss-reactive ketones (excluding diaryl/α,β-unsaturated/α-hetero) is 1. The summed E-state index contributed by atoms with van der Waals surface area (Å²) >= 11 is 1.92. The maximum atomic E-state index is 11.7. The molecule has 0 aliphatic carbocycles. The zero-order valence-electron chi connectivity index (χ0n) is 8.89. The molecular weight excluding hydrogens is 333 g/mol. The number of halogens is 1. The Morgan fingerprint density at radius 1 is 1.29 bits per heavy atom. The number of carboxylic acid groups (broad SMARTS) is 1. The number of hydrogen-bond acceptors (Lipinski definition) is 2. The zero-order chi connectivity index (χ0) is 12.4. The summed E-state index contributed by atoms with van der Waals surface area (Å²) in [5.74, 6) is 0.00181. The molecule has 0 saturated carbocycles. The third-order valence-electron chi connectivity index (χ3n) is 2.56. The molecule has 17 heavy (non-hydrogen) atoms. The molecule has 0 spiro atoms. The Morgan fingerprint density at radius 2 is 1.94 bits per heavy atom. The number of rotatable bonds is 1. The maximum absolute atomic E-state index is 11.7. The third-order valence-corrected chi connectivity index (χ3v) is 3.68. The van der Waals surface area contributed by atoms with Crippen molar-refractivity contribution in [2.75, 3.05) is 6.54 Å². The van der Waals surface area contributed by atoms with E-state index in [1.54, 1.807) is 0 Å². The molecule has 1 heterocycles. The summed E-state index contributed by atoms with van der Waals surface area (Å²) in [6.45, 7) is 0.227. The van der Waals surface area contributed by atoms with Crippen molar-refractivity contribution in [3.63, 3.8) is 0 Å². The van der Waals surface area contributed by atoms with E-state index >= 15 is 0 Å². The SMILES string of the molecule is O=C1CCN(C(=O)O)C(c2ccccc2)=C1I. The summed E-state index contributed by atoms with van der Waals surface area (Å²) < 4.78 is 0.488. The van der Waals surface area contributed by atoms with Crippen LogP contribution in [0.25, 0.3) is 5.70 Å². The van der Waals surface area contributed by atoms with E-state index in [9.17, 15) is 9.59 Å². The lowest BCUT2D eigenvalue weighted by molar-refractivity contribution is -0.115. The van der Waals surface area contributed by atoms with E-state index in [0.29, 0.717) is 9.28 Å². The van der Waals surface area contributed by atoms with Gasteiger partial charge in [-0.05, 0) is 28.2 Å². The lowest BCUT2D eigenvalue weighted by Gasteiger charge is -2.27. The molecule has 2 rings (SSSR count). The van der Waals surface area contributed by atoms with Crippen molar-refractivity contribution in [3.8, 4) is 0 Å². The fourth-order valence-electron chi connectivity index (χ4n) is 1.76. The van der Waals surface area contributed by atoms with Gasteiger partial charge >= 0.3 is 6.09 Å². The average molecular weight is 343 g/mol. The monoisotopic (exact) mass is 343 g/mol. The molecule has 1 aromatic rings. The Morgan fingerprint density at radius 3 is 2.53 bits per heavy atom. The number of benzene rings is 1. The molecule has 0 fully saturated rings. The Kier molecular flexibility index (Phi) is 3.46. The Balaban J connectivity index is 2.55. The van der Waals surface area contributed by atoms with Crippen molar-refractivity contribution in [2.24, 2.45) is 0 Å². The van der Waals surface area contributed by atoms with Crippen LogP contribution in [-0.2, 0) is 4.79 Å². The van der Waals surface area contributed by atoms with E-state index in [1.165, 1.54) is 4.90 Å². The molecule has 1 N–H and O–H groups in total. The Labute approximate surface area is 112 Å². The summed E-state index contributed by atoms with van der Waals surface area (Å²) in [5.41, 5.74) is 1.25. The first-order valence-electron chi connectivity index (χ1n) is 5.10. The first-order chi connectivity index (χ1) is 8.11. The molecule has 5 heteroatoms. The predicted molar refractivity (Wildman–Crippen MR) is 71.7 cm³/mol. The highest BCUT2D eigenvalue weighted by atomic mass is 127. The van der Waals surface area contributed by atoms with E-state index < -0.39 is 6.09 Å². The van der Waals surface area contributed by atoms with Gasteiger partial charge in [0.1, 0.15) is 0 Å². The second kappa shape index (κ2) is 4.87. The summed E-state index contributed by atoms with van der Waals surface area (Å²) in [4.78, 5) is 24.1. The predicted octanol–water partition coefficient (Wildman–Crippen LogP) is 2.74. The van der Waals surface area contributed by atoms with Crippen molar-refractivity contribution in [1.29, 1.82) is 0 Å². The lowest BCUT2D eigenvalue weighted by atomic mass is 10.0. The van der Waals surface area contributed by atoms with E-state index in [1.807, 2.05) is 52.9 Å². The largest absolute Gasteiger partial charge is 0.465 e. The summed E-state index contributed by atoms with van der Waals surface area (Å²) in [6.07, 6.45) is -0.772. The number of nitrogens with zero attached hydrogens (tertiary/aromatic N) is 1. The summed E-state index contributed by atoms with van der Waals surface area (Å²) in [5, 5.41) is 9.15. The minimum Gasteiger partial charge on any atom is -0.465 e. The third kappa shape index (κ3) is 2.33. The van der Waals surface area contributed by atoms with Crippen LogP contribution >= 0.6 is 22.6 Å². The van der Waals surface area contributed by atoms with Gasteiger partial charge < -0.3 is 5.11 Å². The Hall–Kier alpha value is -1.37. The number of allylic oxidation sites excluding steroid dienone is 1. The van der Waals surface area contributed by atoms with Gasteiger partial charge in [0, 0.05) is 13.0 Å². The molecule has 0 bridgehead atoms. The number of carbonyl (C=O) groups is 2. The standard InChI is InChI=1S/C12H10INO3/c13-10-9(15)6-7-14(12(16)17)11(10)8-4-2-1-3-5-8/h1-5H,6-7H2,(H,16,17). The second-order valence-electron chi connectivity index (χ2n) is 3.64. The molecule has 1 aromatic carbocycles. The van der Waals surface area contributed by atoms with Crippen LogP contribution in [0.2, 0.25) is 0 Å². The molecule has 1 amide bonds. The minimum absolute atomic E-state index is 0.00181. The molecule has 0 atom stereocenters. The molecule has 88 valence electrons. The summed E-state index contributed by atoms with van der Waals surface area (Å²) in [7, 11) is 0. The highest BCUT2D eigenvalue weighted by Gasteiger charge is 2.29. The van der Waals surface area contributed by atoms with Gasteiger partial charge in [-0.3, -0.25) is 9.69 Å². The normalized spacial score (nSPS) is 16.3. The van der Waals surface area contributed by atoms with Gasteiger partial charge in [-0.25, -0.2) is 4.79 Å². The van der Waals surface area contributed by atoms with Gasteiger partial charge in [-0.15, -0.1) is 0 Å². The van der Waals surface area contributed by atoms with E-state index in [0.717, 1.165) is 5.56 Å². The fourth-order valence-corrected chi connectivity index (χ4v) is 2.63. The number of hydrogen-bond donors (Lipinski definition) is 1. The van der Waals surface area contributed by atoms with Gasteiger partial charge in [0.05, 0.1) is 9.28 Å². The van der Waals surface area contributed by atoms with E-state index in [4.69, 9.17) is 5.11 Å². The molecule has 0 radical (unpaired) electrons. The Bertz CT molecular complexity index is 496. The van der Waals surface area contributed by atoms with Crippen molar-refractivity contribution in [1.82, 2.24) is 4.90 Å². The highest BCUT2D eigenvalue weighted by Crippen LogP contribution is 2.32. The van der Waals surface area contributed by atoms with E-state index in [-0.39, 0.29) is 18.7 Å². The van der Waals surface area contributed by atoms with Crippen molar-refractivity contribution >= 4 is 40.2 Å². The topological polar surface area (TPSA) is 57.6 Å². The van der Waals surface area contributed by atoms with Gasteiger partial charge in [0.25, 0.3) is 0 Å². The summed E-state index contributed by atoms with van der Waals surface area (Å²) in [6, 6.07) is 9.12. The van der Waals surface area contributed by atoms with Crippen LogP contribution in [0.4, 0.5) is 4.79 Å². The highest BCUT2D eigenvalue weighted by molar-refractivity contribution is 14.1. The van der Waals surface area contributed by atoms with Crippen molar-refractivity contribution < 1.29 is 14.7 Å². The number of ketones is 1. The average Bonchev–Trinajstić information content (AvgIpc) is 2.33. The van der Waals surface area contributed by atoms with Crippen LogP contribution < -0.4 is 0 Å². The molecule has 1 aliphatic heterocycles. The van der Waals surface area contributed by atoms with Crippen LogP contribution in [0.15, 0.2) is 33.9 Å². The fraction of sp³-hybridized carbons (Fsp3) is 0.167. The molecule has 0 unspecified atom stereocenters. The first kappa shape index (κ1) is 12.1. The van der Waals surface area contributed by atoms with Crippen molar-refractivity contribution in [3.05, 3.63) is 39.5 Å². The van der Waals surface area contributed by atoms with Gasteiger partial charge in [-0.2, -0.15) is 0 Å². The van der Waals surface area contributed by atoms with Gasteiger partial charge in [0.2, 0.25) is 0 Å².